The van der Waals surface area contributed by atoms with Gasteiger partial charge >= 0.3 is 0 Å². The Morgan fingerprint density at radius 2 is 2.06 bits per heavy atom. The quantitative estimate of drug-likeness (QED) is 0.709. The monoisotopic (exact) mass is 248 g/mol. The summed E-state index contributed by atoms with van der Waals surface area (Å²) < 4.78 is 5.70. The molecule has 0 spiro atoms. The first-order valence-electron chi connectivity index (χ1n) is 5.59. The van der Waals surface area contributed by atoms with Crippen LogP contribution in [0.2, 0.25) is 0 Å². The highest BCUT2D eigenvalue weighted by Crippen LogP contribution is 2.39. The number of ketones is 2. The Labute approximate surface area is 103 Å². The second-order valence-electron chi connectivity index (χ2n) is 4.99. The van der Waals surface area contributed by atoms with Gasteiger partial charge in [0.25, 0.3) is 0 Å². The van der Waals surface area contributed by atoms with Crippen molar-refractivity contribution in [3.8, 4) is 0 Å². The number of thiophene rings is 1. The summed E-state index contributed by atoms with van der Waals surface area (Å²) in [7, 11) is 0. The maximum atomic E-state index is 12.2. The molecule has 0 atom stereocenters. The molecule has 4 heteroatoms. The molecule has 3 rings (SSSR count). The molecule has 0 aromatic carbocycles. The van der Waals surface area contributed by atoms with E-state index >= 15 is 0 Å². The van der Waals surface area contributed by atoms with Gasteiger partial charge in [0.2, 0.25) is 11.6 Å². The van der Waals surface area contributed by atoms with Crippen LogP contribution in [0.4, 0.5) is 0 Å². The van der Waals surface area contributed by atoms with Crippen molar-refractivity contribution in [1.82, 2.24) is 0 Å². The lowest BCUT2D eigenvalue weighted by atomic mass is 9.86. The molecule has 1 aliphatic carbocycles. The first kappa shape index (κ1) is 10.7. The van der Waals surface area contributed by atoms with E-state index in [4.69, 9.17) is 4.74 Å². The summed E-state index contributed by atoms with van der Waals surface area (Å²) in [6.45, 7) is 3.88. The maximum Gasteiger partial charge on any atom is 0.229 e. The summed E-state index contributed by atoms with van der Waals surface area (Å²) in [5.41, 5.74) is 0.697. The van der Waals surface area contributed by atoms with E-state index < -0.39 is 0 Å². The fourth-order valence-electron chi connectivity index (χ4n) is 2.25. The van der Waals surface area contributed by atoms with Crippen LogP contribution in [0.25, 0.3) is 0 Å². The SMILES string of the molecule is CC1(C)CCC2=C(O1)C(=O)c1ccsc1C2=O. The average Bonchev–Trinajstić information content (AvgIpc) is 2.74. The van der Waals surface area contributed by atoms with Gasteiger partial charge < -0.3 is 4.74 Å². The fraction of sp³-hybridized carbons (Fsp3) is 0.385. The first-order chi connectivity index (χ1) is 7.99. The van der Waals surface area contributed by atoms with Gasteiger partial charge in [-0.3, -0.25) is 9.59 Å². The normalized spacial score (nSPS) is 22.0. The number of Topliss-reactive ketones (excluding diaryl/α,β-unsaturated/α-hetero) is 2. The molecule has 1 aromatic rings. The fourth-order valence-corrected chi connectivity index (χ4v) is 3.11. The van der Waals surface area contributed by atoms with Crippen LogP contribution in [0.5, 0.6) is 0 Å². The van der Waals surface area contributed by atoms with Gasteiger partial charge in [-0.25, -0.2) is 0 Å². The van der Waals surface area contributed by atoms with Crippen LogP contribution in [0.1, 0.15) is 46.7 Å². The van der Waals surface area contributed by atoms with E-state index in [-0.39, 0.29) is 22.9 Å². The molecule has 1 aliphatic heterocycles. The largest absolute Gasteiger partial charge is 0.483 e. The van der Waals surface area contributed by atoms with E-state index in [2.05, 4.69) is 0 Å². The minimum Gasteiger partial charge on any atom is -0.483 e. The predicted molar refractivity (Wildman–Crippen MR) is 64.4 cm³/mol. The number of ether oxygens (including phenoxy) is 1. The Morgan fingerprint density at radius 1 is 1.29 bits per heavy atom. The van der Waals surface area contributed by atoms with Crippen LogP contribution in [-0.2, 0) is 4.74 Å². The number of carbonyl (C=O) groups excluding carboxylic acids is 2. The third-order valence-corrected chi connectivity index (χ3v) is 4.14. The summed E-state index contributed by atoms with van der Waals surface area (Å²) in [6, 6.07) is 1.70. The average molecular weight is 248 g/mol. The van der Waals surface area contributed by atoms with Gasteiger partial charge in [0.15, 0.2) is 5.76 Å². The van der Waals surface area contributed by atoms with Crippen molar-refractivity contribution in [2.45, 2.75) is 32.3 Å². The van der Waals surface area contributed by atoms with Crippen molar-refractivity contribution in [2.24, 2.45) is 0 Å². The lowest BCUT2D eigenvalue weighted by Crippen LogP contribution is -2.35. The van der Waals surface area contributed by atoms with Gasteiger partial charge in [-0.2, -0.15) is 0 Å². The van der Waals surface area contributed by atoms with Crippen molar-refractivity contribution >= 4 is 22.9 Å². The summed E-state index contributed by atoms with van der Waals surface area (Å²) >= 11 is 1.33. The lowest BCUT2D eigenvalue weighted by molar-refractivity contribution is 0.0103. The number of carbonyl (C=O) groups is 2. The number of allylic oxidation sites excluding steroid dienone is 2. The zero-order valence-electron chi connectivity index (χ0n) is 9.70. The molecule has 1 aromatic heterocycles. The molecule has 2 aliphatic rings. The van der Waals surface area contributed by atoms with Crippen LogP contribution < -0.4 is 0 Å². The molecule has 0 amide bonds. The number of hydrogen-bond donors (Lipinski definition) is 0. The molecule has 2 heterocycles. The smallest absolute Gasteiger partial charge is 0.229 e. The molecule has 0 bridgehead atoms. The van der Waals surface area contributed by atoms with E-state index in [1.165, 1.54) is 11.3 Å². The zero-order valence-corrected chi connectivity index (χ0v) is 10.5. The van der Waals surface area contributed by atoms with Crippen molar-refractivity contribution < 1.29 is 14.3 Å². The van der Waals surface area contributed by atoms with Gasteiger partial charge in [-0.1, -0.05) is 0 Å². The molecule has 17 heavy (non-hydrogen) atoms. The van der Waals surface area contributed by atoms with Crippen molar-refractivity contribution in [2.75, 3.05) is 0 Å². The van der Waals surface area contributed by atoms with Gasteiger partial charge in [-0.15, -0.1) is 11.3 Å². The Balaban J connectivity index is 2.14. The summed E-state index contributed by atoms with van der Waals surface area (Å²) in [4.78, 5) is 25.0. The molecule has 0 saturated carbocycles. The highest BCUT2D eigenvalue weighted by atomic mass is 32.1. The summed E-state index contributed by atoms with van der Waals surface area (Å²) in [5.74, 6) is 0.112. The number of hydrogen-bond acceptors (Lipinski definition) is 4. The van der Waals surface area contributed by atoms with Gasteiger partial charge in [-0.05, 0) is 38.1 Å². The van der Waals surface area contributed by atoms with Gasteiger partial charge in [0.1, 0.15) is 5.60 Å². The molecule has 0 N–H and O–H groups in total. The Hall–Kier alpha value is -1.42. The van der Waals surface area contributed by atoms with Crippen molar-refractivity contribution in [1.29, 1.82) is 0 Å². The molecule has 3 nitrogen and oxygen atoms in total. The minimum atomic E-state index is -0.359. The van der Waals surface area contributed by atoms with Crippen LogP contribution in [0.15, 0.2) is 22.8 Å². The van der Waals surface area contributed by atoms with E-state index in [1.54, 1.807) is 11.4 Å². The van der Waals surface area contributed by atoms with E-state index in [0.29, 0.717) is 22.4 Å². The van der Waals surface area contributed by atoms with Gasteiger partial charge in [0, 0.05) is 11.1 Å². The first-order valence-corrected chi connectivity index (χ1v) is 6.47. The highest BCUT2D eigenvalue weighted by molar-refractivity contribution is 7.12. The maximum absolute atomic E-state index is 12.2. The Morgan fingerprint density at radius 3 is 2.82 bits per heavy atom. The number of fused-ring (bicyclic) bond motifs is 1. The molecule has 0 saturated heterocycles. The van der Waals surface area contributed by atoms with Crippen molar-refractivity contribution in [3.63, 3.8) is 0 Å². The topological polar surface area (TPSA) is 43.4 Å². The lowest BCUT2D eigenvalue weighted by Gasteiger charge is -2.34. The standard InChI is InChI=1S/C13H12O3S/c1-13(2)5-3-7-10(15)12-8(4-6-17-12)9(14)11(7)16-13/h4,6H,3,5H2,1-2H3. The molecule has 0 unspecified atom stereocenters. The summed E-state index contributed by atoms with van der Waals surface area (Å²) in [5, 5.41) is 1.78. The van der Waals surface area contributed by atoms with E-state index in [9.17, 15) is 9.59 Å². The Bertz CT molecular complexity index is 563. The zero-order chi connectivity index (χ0) is 12.2. The van der Waals surface area contributed by atoms with Crippen LogP contribution in [-0.4, -0.2) is 17.2 Å². The van der Waals surface area contributed by atoms with E-state index in [0.717, 1.165) is 6.42 Å². The summed E-state index contributed by atoms with van der Waals surface area (Å²) in [6.07, 6.45) is 1.40. The second kappa shape index (κ2) is 3.29. The van der Waals surface area contributed by atoms with Crippen LogP contribution in [0.3, 0.4) is 0 Å². The molecular weight excluding hydrogens is 236 g/mol. The van der Waals surface area contributed by atoms with Crippen LogP contribution in [0, 0.1) is 0 Å². The Kier molecular flexibility index (Phi) is 2.08. The van der Waals surface area contributed by atoms with Gasteiger partial charge in [0.05, 0.1) is 4.88 Å². The third kappa shape index (κ3) is 1.47. The minimum absolute atomic E-state index is 0.0277. The predicted octanol–water partition coefficient (Wildman–Crippen LogP) is 2.97. The third-order valence-electron chi connectivity index (χ3n) is 3.23. The molecule has 0 radical (unpaired) electrons. The second-order valence-corrected chi connectivity index (χ2v) is 5.91. The van der Waals surface area contributed by atoms with Crippen molar-refractivity contribution in [3.05, 3.63) is 33.2 Å². The van der Waals surface area contributed by atoms with Crippen LogP contribution >= 0.6 is 11.3 Å². The molecule has 88 valence electrons. The van der Waals surface area contributed by atoms with E-state index in [1.807, 2.05) is 13.8 Å². The number of rotatable bonds is 0. The molecular formula is C13H12O3S. The molecule has 0 fully saturated rings. The highest BCUT2D eigenvalue weighted by Gasteiger charge is 2.40.